The summed E-state index contributed by atoms with van der Waals surface area (Å²) < 4.78 is 5.20. The van der Waals surface area contributed by atoms with Gasteiger partial charge >= 0.3 is 0 Å². The third-order valence-electron chi connectivity index (χ3n) is 2.18. The highest BCUT2D eigenvalue weighted by Gasteiger charge is 2.06. The first kappa shape index (κ1) is 12.2. The smallest absolute Gasteiger partial charge is 0.139 e. The monoisotopic (exact) mass is 211 g/mol. The Morgan fingerprint density at radius 3 is 2.67 bits per heavy atom. The van der Waals surface area contributed by atoms with Crippen molar-refractivity contribution in [2.24, 2.45) is 0 Å². The lowest BCUT2D eigenvalue weighted by Gasteiger charge is -2.01. The third-order valence-corrected chi connectivity index (χ3v) is 2.18. The molecule has 1 aromatic heterocycles. The third kappa shape index (κ3) is 4.44. The molecule has 4 nitrogen and oxygen atoms in total. The predicted molar refractivity (Wildman–Crippen MR) is 60.8 cm³/mol. The molecule has 0 amide bonds. The summed E-state index contributed by atoms with van der Waals surface area (Å²) >= 11 is 0. The summed E-state index contributed by atoms with van der Waals surface area (Å²) in [5.74, 6) is 1.37. The van der Waals surface area contributed by atoms with Crippen LogP contribution in [0.1, 0.15) is 38.1 Å². The van der Waals surface area contributed by atoms with Crippen molar-refractivity contribution in [3.05, 3.63) is 17.5 Å². The van der Waals surface area contributed by atoms with Crippen LogP contribution in [0.3, 0.4) is 0 Å². The summed E-state index contributed by atoms with van der Waals surface area (Å²) in [5, 5.41) is 10.6. The predicted octanol–water partition coefficient (Wildman–Crippen LogP) is 1.50. The van der Waals surface area contributed by atoms with Crippen LogP contribution in [0.25, 0.3) is 0 Å². The van der Waals surface area contributed by atoms with E-state index in [0.717, 1.165) is 37.6 Å². The maximum Gasteiger partial charge on any atom is 0.139 e. The van der Waals surface area contributed by atoms with Crippen LogP contribution in [0.4, 0.5) is 0 Å². The number of rotatable bonds is 7. The molecule has 2 N–H and O–H groups in total. The normalized spacial score (nSPS) is 11.2. The second kappa shape index (κ2) is 6.58. The van der Waals surface area contributed by atoms with E-state index in [-0.39, 0.29) is 0 Å². The molecule has 0 fully saturated rings. The van der Waals surface area contributed by atoms with Crippen molar-refractivity contribution in [3.8, 4) is 0 Å². The number of nitrogens with one attached hydrogen (secondary N) is 2. The molecule has 0 atom stereocenters. The van der Waals surface area contributed by atoms with Crippen LogP contribution in [0.15, 0.2) is 10.6 Å². The van der Waals surface area contributed by atoms with Crippen molar-refractivity contribution in [1.82, 2.24) is 15.8 Å². The molecule has 0 bridgehead atoms. The molecule has 0 aliphatic rings. The number of hydrogen-bond acceptors (Lipinski definition) is 4. The van der Waals surface area contributed by atoms with Gasteiger partial charge < -0.3 is 15.2 Å². The zero-order chi connectivity index (χ0) is 11.1. The molecule has 0 radical (unpaired) electrons. The lowest BCUT2D eigenvalue weighted by Crippen LogP contribution is -2.26. The van der Waals surface area contributed by atoms with Gasteiger partial charge in [0.1, 0.15) is 5.76 Å². The molecule has 0 unspecified atom stereocenters. The second-order valence-electron chi connectivity index (χ2n) is 3.91. The molecule has 0 aromatic carbocycles. The van der Waals surface area contributed by atoms with Crippen LogP contribution >= 0.6 is 0 Å². The molecule has 0 aliphatic carbocycles. The van der Waals surface area contributed by atoms with E-state index >= 15 is 0 Å². The molecule has 15 heavy (non-hydrogen) atoms. The lowest BCUT2D eigenvalue weighted by molar-refractivity contribution is 0.364. The fraction of sp³-hybridized carbons (Fsp3) is 0.727. The van der Waals surface area contributed by atoms with Gasteiger partial charge in [0.2, 0.25) is 0 Å². The van der Waals surface area contributed by atoms with Crippen LogP contribution in [0.2, 0.25) is 0 Å². The van der Waals surface area contributed by atoms with Crippen LogP contribution in [-0.4, -0.2) is 24.8 Å². The minimum absolute atomic E-state index is 0.410. The SMILES string of the molecule is CCNCCNCc1cc(C(C)C)on1. The van der Waals surface area contributed by atoms with Gasteiger partial charge in [-0.25, -0.2) is 0 Å². The Kier molecular flexibility index (Phi) is 5.36. The molecule has 1 aromatic rings. The van der Waals surface area contributed by atoms with Crippen molar-refractivity contribution < 1.29 is 4.52 Å². The Bertz CT molecular complexity index is 271. The quantitative estimate of drug-likeness (QED) is 0.671. The van der Waals surface area contributed by atoms with Gasteiger partial charge in [-0.1, -0.05) is 25.9 Å². The van der Waals surface area contributed by atoms with E-state index in [1.165, 1.54) is 0 Å². The minimum atomic E-state index is 0.410. The molecule has 0 saturated carbocycles. The van der Waals surface area contributed by atoms with Gasteiger partial charge in [-0.15, -0.1) is 0 Å². The Hall–Kier alpha value is -0.870. The van der Waals surface area contributed by atoms with Crippen molar-refractivity contribution in [2.45, 2.75) is 33.2 Å². The number of aromatic nitrogens is 1. The highest BCUT2D eigenvalue weighted by atomic mass is 16.5. The van der Waals surface area contributed by atoms with Gasteiger partial charge in [0.05, 0.1) is 5.69 Å². The van der Waals surface area contributed by atoms with E-state index in [1.54, 1.807) is 0 Å². The topological polar surface area (TPSA) is 50.1 Å². The van der Waals surface area contributed by atoms with Crippen LogP contribution < -0.4 is 10.6 Å². The van der Waals surface area contributed by atoms with Gasteiger partial charge in [0.25, 0.3) is 0 Å². The van der Waals surface area contributed by atoms with Crippen molar-refractivity contribution in [3.63, 3.8) is 0 Å². The van der Waals surface area contributed by atoms with Crippen molar-refractivity contribution in [1.29, 1.82) is 0 Å². The summed E-state index contributed by atoms with van der Waals surface area (Å²) in [6.45, 7) is 10.0. The highest BCUT2D eigenvalue weighted by molar-refractivity contribution is 5.08. The maximum atomic E-state index is 5.20. The fourth-order valence-electron chi connectivity index (χ4n) is 1.25. The Balaban J connectivity index is 2.20. The molecule has 86 valence electrons. The van der Waals surface area contributed by atoms with E-state index < -0.39 is 0 Å². The summed E-state index contributed by atoms with van der Waals surface area (Å²) in [6, 6.07) is 2.02. The first-order valence-corrected chi connectivity index (χ1v) is 5.61. The molecule has 0 aliphatic heterocycles. The summed E-state index contributed by atoms with van der Waals surface area (Å²) in [4.78, 5) is 0. The van der Waals surface area contributed by atoms with Gasteiger partial charge in [-0.05, 0) is 6.54 Å². The molecular weight excluding hydrogens is 190 g/mol. The number of nitrogens with zero attached hydrogens (tertiary/aromatic N) is 1. The van der Waals surface area contributed by atoms with Gasteiger partial charge in [0, 0.05) is 31.6 Å². The molecular formula is C11H21N3O. The van der Waals surface area contributed by atoms with Crippen LogP contribution in [0, 0.1) is 0 Å². The largest absolute Gasteiger partial charge is 0.361 e. The van der Waals surface area contributed by atoms with E-state index in [4.69, 9.17) is 4.52 Å². The number of likely N-dealkylation sites (N-methyl/N-ethyl adjacent to an activating group) is 1. The standard InChI is InChI=1S/C11H21N3O/c1-4-12-5-6-13-8-10-7-11(9(2)3)15-14-10/h7,9,12-13H,4-6,8H2,1-3H3. The molecule has 0 saturated heterocycles. The minimum Gasteiger partial charge on any atom is -0.361 e. The van der Waals surface area contributed by atoms with E-state index in [1.807, 2.05) is 6.07 Å². The maximum absolute atomic E-state index is 5.20. The second-order valence-corrected chi connectivity index (χ2v) is 3.91. The Morgan fingerprint density at radius 1 is 1.33 bits per heavy atom. The summed E-state index contributed by atoms with van der Waals surface area (Å²) in [6.07, 6.45) is 0. The zero-order valence-corrected chi connectivity index (χ0v) is 9.84. The lowest BCUT2D eigenvalue weighted by atomic mass is 10.1. The Morgan fingerprint density at radius 2 is 2.07 bits per heavy atom. The summed E-state index contributed by atoms with van der Waals surface area (Å²) in [7, 11) is 0. The van der Waals surface area contributed by atoms with Crippen LogP contribution in [0.5, 0.6) is 0 Å². The Labute approximate surface area is 91.4 Å². The highest BCUT2D eigenvalue weighted by Crippen LogP contribution is 2.14. The van der Waals surface area contributed by atoms with E-state index in [9.17, 15) is 0 Å². The van der Waals surface area contributed by atoms with Gasteiger partial charge in [-0.3, -0.25) is 0 Å². The fourth-order valence-corrected chi connectivity index (χ4v) is 1.25. The van der Waals surface area contributed by atoms with Crippen LogP contribution in [-0.2, 0) is 6.54 Å². The average Bonchev–Trinajstić information content (AvgIpc) is 2.66. The molecule has 0 spiro atoms. The summed E-state index contributed by atoms with van der Waals surface area (Å²) in [5.41, 5.74) is 0.982. The first-order valence-electron chi connectivity index (χ1n) is 5.61. The van der Waals surface area contributed by atoms with E-state index in [2.05, 4.69) is 36.6 Å². The average molecular weight is 211 g/mol. The van der Waals surface area contributed by atoms with Crippen molar-refractivity contribution >= 4 is 0 Å². The molecule has 1 rings (SSSR count). The zero-order valence-electron chi connectivity index (χ0n) is 9.84. The van der Waals surface area contributed by atoms with Gasteiger partial charge in [-0.2, -0.15) is 0 Å². The first-order chi connectivity index (χ1) is 7.24. The van der Waals surface area contributed by atoms with Crippen molar-refractivity contribution in [2.75, 3.05) is 19.6 Å². The number of hydrogen-bond donors (Lipinski definition) is 2. The van der Waals surface area contributed by atoms with Gasteiger partial charge in [0.15, 0.2) is 0 Å². The van der Waals surface area contributed by atoms with E-state index in [0.29, 0.717) is 5.92 Å². The molecule has 1 heterocycles. The molecule has 4 heteroatoms.